The summed E-state index contributed by atoms with van der Waals surface area (Å²) in [5, 5.41) is 5.88. The number of benzene rings is 2. The van der Waals surface area contributed by atoms with Gasteiger partial charge in [-0.2, -0.15) is 0 Å². The van der Waals surface area contributed by atoms with Crippen LogP contribution < -0.4 is 10.6 Å². The van der Waals surface area contributed by atoms with Gasteiger partial charge in [0.25, 0.3) is 5.91 Å². The Kier molecular flexibility index (Phi) is 5.89. The van der Waals surface area contributed by atoms with E-state index in [9.17, 15) is 9.59 Å². The predicted octanol–water partition coefficient (Wildman–Crippen LogP) is 4.02. The van der Waals surface area contributed by atoms with Crippen LogP contribution in [0.4, 0.5) is 10.5 Å². The molecular weight excluding hydrogens is 326 g/mol. The van der Waals surface area contributed by atoms with Crippen LogP contribution >= 0.6 is 0 Å². The van der Waals surface area contributed by atoms with Gasteiger partial charge >= 0.3 is 6.03 Å². The normalized spacial score (nSPS) is 13.1. The van der Waals surface area contributed by atoms with Gasteiger partial charge in [0.15, 0.2) is 0 Å². The quantitative estimate of drug-likeness (QED) is 0.791. The lowest BCUT2D eigenvalue weighted by atomic mass is 10.2. The largest absolute Gasteiger partial charge is 0.349 e. The second kappa shape index (κ2) is 8.52. The van der Waals surface area contributed by atoms with Gasteiger partial charge in [-0.15, -0.1) is 0 Å². The molecule has 5 nitrogen and oxygen atoms in total. The van der Waals surface area contributed by atoms with Crippen LogP contribution in [0.1, 0.15) is 42.1 Å². The van der Waals surface area contributed by atoms with Crippen molar-refractivity contribution in [2.45, 2.75) is 38.8 Å². The first-order chi connectivity index (χ1) is 12.7. The fourth-order valence-corrected chi connectivity index (χ4v) is 2.76. The van der Waals surface area contributed by atoms with Gasteiger partial charge in [0, 0.05) is 30.4 Å². The number of carbonyl (C=O) groups excluding carboxylic acids is 2. The first-order valence-electron chi connectivity index (χ1n) is 9.16. The van der Waals surface area contributed by atoms with Crippen LogP contribution in [-0.4, -0.2) is 29.4 Å². The minimum atomic E-state index is -0.157. The van der Waals surface area contributed by atoms with E-state index in [2.05, 4.69) is 10.6 Å². The molecule has 1 aliphatic rings. The van der Waals surface area contributed by atoms with Crippen molar-refractivity contribution >= 4 is 17.6 Å². The van der Waals surface area contributed by atoms with E-state index in [1.54, 1.807) is 29.2 Å². The highest BCUT2D eigenvalue weighted by atomic mass is 16.2. The van der Waals surface area contributed by atoms with Crippen molar-refractivity contribution < 1.29 is 9.59 Å². The van der Waals surface area contributed by atoms with Gasteiger partial charge < -0.3 is 15.5 Å². The monoisotopic (exact) mass is 351 g/mol. The molecule has 0 aromatic heterocycles. The zero-order valence-corrected chi connectivity index (χ0v) is 15.1. The van der Waals surface area contributed by atoms with Crippen LogP contribution in [0, 0.1) is 0 Å². The van der Waals surface area contributed by atoms with E-state index in [0.717, 1.165) is 24.8 Å². The van der Waals surface area contributed by atoms with Crippen LogP contribution in [0.25, 0.3) is 0 Å². The predicted molar refractivity (Wildman–Crippen MR) is 103 cm³/mol. The van der Waals surface area contributed by atoms with Gasteiger partial charge in [-0.25, -0.2) is 4.79 Å². The number of carbonyl (C=O) groups is 2. The molecule has 2 N–H and O–H groups in total. The van der Waals surface area contributed by atoms with Crippen molar-refractivity contribution in [3.63, 3.8) is 0 Å². The Hall–Kier alpha value is -2.82. The minimum absolute atomic E-state index is 0.0849. The Balaban J connectivity index is 1.65. The number of hydrogen-bond donors (Lipinski definition) is 2. The lowest BCUT2D eigenvalue weighted by molar-refractivity contribution is 0.0951. The van der Waals surface area contributed by atoms with Crippen LogP contribution in [0.5, 0.6) is 0 Å². The van der Waals surface area contributed by atoms with Crippen LogP contribution in [0.15, 0.2) is 54.6 Å². The van der Waals surface area contributed by atoms with Crippen molar-refractivity contribution in [1.29, 1.82) is 0 Å². The van der Waals surface area contributed by atoms with E-state index in [1.165, 1.54) is 0 Å². The maximum Gasteiger partial charge on any atom is 0.322 e. The SMILES string of the molecule is CCCN(Cc1ccccc1)C(=O)Nc1cccc(C(=O)NC2CC2)c1. The molecule has 1 fully saturated rings. The molecule has 0 spiro atoms. The molecule has 3 amide bonds. The average molecular weight is 351 g/mol. The molecule has 1 aliphatic carbocycles. The molecule has 0 bridgehead atoms. The van der Waals surface area contributed by atoms with Crippen molar-refractivity contribution in [3.8, 4) is 0 Å². The standard InChI is InChI=1S/C21H25N3O2/c1-2-13-24(15-16-7-4-3-5-8-16)21(26)23-19-10-6-9-17(14-19)20(25)22-18-11-12-18/h3-10,14,18H,2,11-13,15H2,1H3,(H,22,25)(H,23,26). The van der Waals surface area contributed by atoms with E-state index in [0.29, 0.717) is 30.4 Å². The summed E-state index contributed by atoms with van der Waals surface area (Å²) in [5.74, 6) is -0.0849. The second-order valence-electron chi connectivity index (χ2n) is 6.67. The molecule has 26 heavy (non-hydrogen) atoms. The third kappa shape index (κ3) is 5.09. The van der Waals surface area contributed by atoms with E-state index < -0.39 is 0 Å². The highest BCUT2D eigenvalue weighted by Crippen LogP contribution is 2.20. The van der Waals surface area contributed by atoms with Gasteiger partial charge in [-0.3, -0.25) is 4.79 Å². The third-order valence-corrected chi connectivity index (χ3v) is 4.29. The maximum absolute atomic E-state index is 12.7. The Labute approximate surface area is 154 Å². The molecule has 2 aromatic carbocycles. The summed E-state index contributed by atoms with van der Waals surface area (Å²) in [6.45, 7) is 3.28. The summed E-state index contributed by atoms with van der Waals surface area (Å²) >= 11 is 0. The molecule has 3 rings (SSSR count). The number of anilines is 1. The van der Waals surface area contributed by atoms with Crippen molar-refractivity contribution in [1.82, 2.24) is 10.2 Å². The molecule has 0 heterocycles. The molecule has 0 atom stereocenters. The fourth-order valence-electron chi connectivity index (χ4n) is 2.76. The number of hydrogen-bond acceptors (Lipinski definition) is 2. The first kappa shape index (κ1) is 18.0. The fraction of sp³-hybridized carbons (Fsp3) is 0.333. The molecule has 5 heteroatoms. The molecule has 136 valence electrons. The molecule has 0 aliphatic heterocycles. The average Bonchev–Trinajstić information content (AvgIpc) is 3.46. The van der Waals surface area contributed by atoms with Crippen molar-refractivity contribution in [2.24, 2.45) is 0 Å². The van der Waals surface area contributed by atoms with Gasteiger partial charge in [0.2, 0.25) is 0 Å². The van der Waals surface area contributed by atoms with Gasteiger partial charge in [-0.1, -0.05) is 43.3 Å². The summed E-state index contributed by atoms with van der Waals surface area (Å²) in [5.41, 5.74) is 2.29. The topological polar surface area (TPSA) is 61.4 Å². The summed E-state index contributed by atoms with van der Waals surface area (Å²) in [6, 6.07) is 17.2. The molecule has 0 saturated heterocycles. The highest BCUT2D eigenvalue weighted by Gasteiger charge is 2.24. The smallest absolute Gasteiger partial charge is 0.322 e. The summed E-state index contributed by atoms with van der Waals surface area (Å²) in [7, 11) is 0. The van der Waals surface area contributed by atoms with Crippen molar-refractivity contribution in [3.05, 3.63) is 65.7 Å². The maximum atomic E-state index is 12.7. The number of urea groups is 1. The summed E-state index contributed by atoms with van der Waals surface area (Å²) < 4.78 is 0. The van der Waals surface area contributed by atoms with Crippen LogP contribution in [-0.2, 0) is 6.54 Å². The highest BCUT2D eigenvalue weighted by molar-refractivity contribution is 5.97. The zero-order chi connectivity index (χ0) is 18.4. The Morgan fingerprint density at radius 1 is 1.08 bits per heavy atom. The minimum Gasteiger partial charge on any atom is -0.349 e. The van der Waals surface area contributed by atoms with Crippen LogP contribution in [0.2, 0.25) is 0 Å². The van der Waals surface area contributed by atoms with E-state index in [4.69, 9.17) is 0 Å². The van der Waals surface area contributed by atoms with Gasteiger partial charge in [-0.05, 0) is 43.0 Å². The van der Waals surface area contributed by atoms with E-state index >= 15 is 0 Å². The summed E-state index contributed by atoms with van der Waals surface area (Å²) in [4.78, 5) is 26.7. The molecule has 0 radical (unpaired) electrons. The van der Waals surface area contributed by atoms with E-state index in [-0.39, 0.29) is 11.9 Å². The van der Waals surface area contributed by atoms with Gasteiger partial charge in [0.05, 0.1) is 0 Å². The number of nitrogens with one attached hydrogen (secondary N) is 2. The first-order valence-corrected chi connectivity index (χ1v) is 9.16. The summed E-state index contributed by atoms with van der Waals surface area (Å²) in [6.07, 6.45) is 2.98. The zero-order valence-electron chi connectivity index (χ0n) is 15.1. The van der Waals surface area contributed by atoms with Crippen LogP contribution in [0.3, 0.4) is 0 Å². The molecule has 0 unspecified atom stereocenters. The lowest BCUT2D eigenvalue weighted by Crippen LogP contribution is -2.35. The second-order valence-corrected chi connectivity index (χ2v) is 6.67. The van der Waals surface area contributed by atoms with E-state index in [1.807, 2.05) is 37.3 Å². The molecule has 2 aromatic rings. The Morgan fingerprint density at radius 2 is 1.85 bits per heavy atom. The molecular formula is C21H25N3O2. The number of rotatable bonds is 7. The van der Waals surface area contributed by atoms with Gasteiger partial charge in [0.1, 0.15) is 0 Å². The lowest BCUT2D eigenvalue weighted by Gasteiger charge is -2.23. The Bertz CT molecular complexity index is 757. The molecule has 1 saturated carbocycles. The Morgan fingerprint density at radius 3 is 2.54 bits per heavy atom. The van der Waals surface area contributed by atoms with Crippen molar-refractivity contribution in [2.75, 3.05) is 11.9 Å². The number of nitrogens with zero attached hydrogens (tertiary/aromatic N) is 1. The third-order valence-electron chi connectivity index (χ3n) is 4.29. The number of amides is 3.